The molecule has 0 aliphatic heterocycles. The minimum atomic E-state index is -0.843. The summed E-state index contributed by atoms with van der Waals surface area (Å²) in [5.41, 5.74) is 7.55. The van der Waals surface area contributed by atoms with Crippen molar-refractivity contribution in [2.45, 2.75) is 77.7 Å². The molecule has 33 heavy (non-hydrogen) atoms. The summed E-state index contributed by atoms with van der Waals surface area (Å²) in [6, 6.07) is 3.70. The molecule has 0 saturated heterocycles. The van der Waals surface area contributed by atoms with E-state index in [1.807, 2.05) is 12.1 Å². The van der Waals surface area contributed by atoms with Crippen molar-refractivity contribution in [3.63, 3.8) is 0 Å². The van der Waals surface area contributed by atoms with Crippen LogP contribution < -0.4 is 11.1 Å². The molecule has 7 nitrogen and oxygen atoms in total. The molecule has 4 fully saturated rings. The molecule has 2 amide bonds. The van der Waals surface area contributed by atoms with Gasteiger partial charge in [0.1, 0.15) is 17.0 Å². The van der Waals surface area contributed by atoms with Crippen molar-refractivity contribution < 1.29 is 14.7 Å². The molecule has 2 aromatic heterocycles. The van der Waals surface area contributed by atoms with Gasteiger partial charge in [-0.15, -0.1) is 0 Å². The van der Waals surface area contributed by atoms with Gasteiger partial charge < -0.3 is 16.2 Å². The van der Waals surface area contributed by atoms with Gasteiger partial charge in [0.25, 0.3) is 11.8 Å². The maximum Gasteiger partial charge on any atom is 0.269 e. The van der Waals surface area contributed by atoms with Crippen LogP contribution in [0.1, 0.15) is 91.0 Å². The molecule has 7 heteroatoms. The fourth-order valence-corrected chi connectivity index (χ4v) is 7.30. The predicted molar refractivity (Wildman–Crippen MR) is 126 cm³/mol. The number of hydrogen-bond acceptors (Lipinski definition) is 4. The second-order valence-electron chi connectivity index (χ2n) is 11.7. The zero-order valence-corrected chi connectivity index (χ0v) is 20.0. The number of carbonyl (C=O) groups excluding carboxylic acids is 2. The lowest BCUT2D eigenvalue weighted by Crippen LogP contribution is -2.51. The summed E-state index contributed by atoms with van der Waals surface area (Å²) in [5.74, 6) is 1.74. The van der Waals surface area contributed by atoms with E-state index >= 15 is 0 Å². The summed E-state index contributed by atoms with van der Waals surface area (Å²) in [6.07, 6.45) is 8.86. The molecule has 2 aromatic rings. The number of carbonyl (C=O) groups is 2. The number of primary amides is 1. The number of imidazole rings is 1. The summed E-state index contributed by atoms with van der Waals surface area (Å²) >= 11 is 0. The molecule has 0 atom stereocenters. The summed E-state index contributed by atoms with van der Waals surface area (Å²) in [5, 5.41) is 13.6. The van der Waals surface area contributed by atoms with Gasteiger partial charge in [0.05, 0.1) is 11.3 Å². The van der Waals surface area contributed by atoms with Crippen molar-refractivity contribution in [2.75, 3.05) is 6.54 Å². The second-order valence-corrected chi connectivity index (χ2v) is 11.7. The number of pyridine rings is 1. The van der Waals surface area contributed by atoms with Crippen LogP contribution in [-0.2, 0) is 6.42 Å². The van der Waals surface area contributed by atoms with Crippen LogP contribution in [0.5, 0.6) is 0 Å². The number of aromatic nitrogens is 2. The van der Waals surface area contributed by atoms with Crippen LogP contribution in [0.25, 0.3) is 5.65 Å². The van der Waals surface area contributed by atoms with Crippen molar-refractivity contribution in [1.29, 1.82) is 0 Å². The molecule has 178 valence electrons. The van der Waals surface area contributed by atoms with Crippen LogP contribution in [0.15, 0.2) is 12.1 Å². The Balaban J connectivity index is 1.46. The third-order valence-electron chi connectivity index (χ3n) is 8.34. The number of nitrogens with zero attached hydrogens (tertiary/aromatic N) is 2. The molecule has 0 aromatic carbocycles. The molecule has 0 spiro atoms. The van der Waals surface area contributed by atoms with Gasteiger partial charge in [-0.1, -0.05) is 6.07 Å². The van der Waals surface area contributed by atoms with E-state index in [4.69, 9.17) is 5.73 Å². The number of aliphatic hydroxyl groups is 1. The first-order valence-corrected chi connectivity index (χ1v) is 12.3. The zero-order chi connectivity index (χ0) is 23.5. The van der Waals surface area contributed by atoms with Crippen LogP contribution in [0.2, 0.25) is 0 Å². The van der Waals surface area contributed by atoms with Crippen LogP contribution in [0.3, 0.4) is 0 Å². The number of hydrogen-bond donors (Lipinski definition) is 3. The quantitative estimate of drug-likeness (QED) is 0.598. The van der Waals surface area contributed by atoms with E-state index in [1.54, 1.807) is 25.2 Å². The molecule has 0 unspecified atom stereocenters. The highest BCUT2D eigenvalue weighted by Gasteiger charge is 2.50. The molecular formula is C26H36N4O3. The molecule has 4 aliphatic rings. The monoisotopic (exact) mass is 452 g/mol. The number of rotatable bonds is 7. The molecule has 4 N–H and O–H groups in total. The van der Waals surface area contributed by atoms with Crippen LogP contribution >= 0.6 is 0 Å². The number of amides is 2. The molecule has 0 radical (unpaired) electrons. The Bertz CT molecular complexity index is 1080. The fourth-order valence-electron chi connectivity index (χ4n) is 7.30. The lowest BCUT2D eigenvalue weighted by molar-refractivity contribution is -0.0503. The Morgan fingerprint density at radius 1 is 1.18 bits per heavy atom. The molecule has 4 saturated carbocycles. The average Bonchev–Trinajstić information content (AvgIpc) is 3.05. The third kappa shape index (κ3) is 4.16. The largest absolute Gasteiger partial charge is 0.390 e. The molecular weight excluding hydrogens is 416 g/mol. The normalized spacial score (nSPS) is 28.4. The van der Waals surface area contributed by atoms with Crippen molar-refractivity contribution >= 4 is 17.5 Å². The molecule has 4 aliphatic carbocycles. The Kier molecular flexibility index (Phi) is 5.31. The van der Waals surface area contributed by atoms with Gasteiger partial charge in [-0.3, -0.25) is 14.0 Å². The lowest BCUT2D eigenvalue weighted by atomic mass is 9.49. The number of aryl methyl sites for hydroxylation is 2. The van der Waals surface area contributed by atoms with Crippen molar-refractivity contribution in [2.24, 2.45) is 28.9 Å². The number of nitrogens with two attached hydrogens (primary N) is 1. The van der Waals surface area contributed by atoms with Gasteiger partial charge in [0.15, 0.2) is 0 Å². The van der Waals surface area contributed by atoms with Crippen molar-refractivity contribution in [3.05, 3.63) is 34.8 Å². The highest BCUT2D eigenvalue weighted by molar-refractivity contribution is 5.97. The van der Waals surface area contributed by atoms with E-state index in [0.29, 0.717) is 36.4 Å². The summed E-state index contributed by atoms with van der Waals surface area (Å²) in [4.78, 5) is 30.0. The Morgan fingerprint density at radius 3 is 2.33 bits per heavy atom. The van der Waals surface area contributed by atoms with Gasteiger partial charge in [-0.25, -0.2) is 4.98 Å². The zero-order valence-electron chi connectivity index (χ0n) is 20.0. The first-order chi connectivity index (χ1) is 15.5. The Labute approximate surface area is 195 Å². The van der Waals surface area contributed by atoms with Crippen molar-refractivity contribution in [3.8, 4) is 0 Å². The van der Waals surface area contributed by atoms with Gasteiger partial charge in [0, 0.05) is 6.54 Å². The van der Waals surface area contributed by atoms with E-state index in [9.17, 15) is 14.7 Å². The lowest BCUT2D eigenvalue weighted by Gasteiger charge is -2.56. The third-order valence-corrected chi connectivity index (χ3v) is 8.34. The topological polar surface area (TPSA) is 110 Å². The van der Waals surface area contributed by atoms with Crippen LogP contribution in [0, 0.1) is 30.1 Å². The van der Waals surface area contributed by atoms with E-state index in [-0.39, 0.29) is 17.0 Å². The smallest absolute Gasteiger partial charge is 0.269 e. The molecule has 4 bridgehead atoms. The predicted octanol–water partition coefficient (Wildman–Crippen LogP) is 3.39. The highest BCUT2D eigenvalue weighted by Crippen LogP contribution is 2.59. The summed E-state index contributed by atoms with van der Waals surface area (Å²) < 4.78 is 1.76. The summed E-state index contributed by atoms with van der Waals surface area (Å²) in [6.45, 7) is 6.01. The van der Waals surface area contributed by atoms with E-state index in [1.165, 1.54) is 38.5 Å². The summed E-state index contributed by atoms with van der Waals surface area (Å²) in [7, 11) is 0. The van der Waals surface area contributed by atoms with Gasteiger partial charge in [-0.05, 0) is 107 Å². The number of nitrogens with one attached hydrogen (secondary N) is 1. The van der Waals surface area contributed by atoms with Crippen LogP contribution in [0.4, 0.5) is 0 Å². The minimum absolute atomic E-state index is 0.140. The average molecular weight is 453 g/mol. The maximum absolute atomic E-state index is 13.7. The molecule has 6 rings (SSSR count). The first-order valence-electron chi connectivity index (χ1n) is 12.3. The maximum atomic E-state index is 13.7. The molecule has 2 heterocycles. The van der Waals surface area contributed by atoms with E-state index in [0.717, 1.165) is 23.3 Å². The standard InChI is InChI=1S/C26H36N4O3/c1-15-21(23(27)31)29-20-5-4-19(6-7-25(2,3)33)22(30(15)20)24(32)28-14-26-11-16-8-17(12-26)10-18(9-16)13-26/h4-5,16-18,33H,6-14H2,1-3H3,(H2,27,31)(H,28,32). The van der Waals surface area contributed by atoms with Crippen molar-refractivity contribution in [1.82, 2.24) is 14.7 Å². The van der Waals surface area contributed by atoms with E-state index < -0.39 is 11.5 Å². The van der Waals surface area contributed by atoms with Gasteiger partial charge in [0.2, 0.25) is 0 Å². The Hall–Kier alpha value is -2.41. The van der Waals surface area contributed by atoms with Gasteiger partial charge in [-0.2, -0.15) is 0 Å². The Morgan fingerprint density at radius 2 is 1.79 bits per heavy atom. The van der Waals surface area contributed by atoms with Gasteiger partial charge >= 0.3 is 0 Å². The fraction of sp³-hybridized carbons (Fsp3) is 0.654. The second kappa shape index (κ2) is 7.83. The minimum Gasteiger partial charge on any atom is -0.390 e. The first kappa shape index (κ1) is 22.4. The van der Waals surface area contributed by atoms with E-state index in [2.05, 4.69) is 10.3 Å². The SMILES string of the molecule is Cc1c(C(N)=O)nc2ccc(CCC(C)(C)O)c(C(=O)NCC34CC5CC(CC(C5)C3)C4)n12. The highest BCUT2D eigenvalue weighted by atomic mass is 16.3. The van der Waals surface area contributed by atoms with Crippen LogP contribution in [-0.4, -0.2) is 38.5 Å². The number of fused-ring (bicyclic) bond motifs is 1.